The van der Waals surface area contributed by atoms with E-state index in [1.807, 2.05) is 27.7 Å². The van der Waals surface area contributed by atoms with Crippen molar-refractivity contribution in [1.29, 1.82) is 0 Å². The highest BCUT2D eigenvalue weighted by Gasteiger charge is 2.26. The smallest absolute Gasteiger partial charge is 0.323 e. The van der Waals surface area contributed by atoms with Crippen LogP contribution in [0.3, 0.4) is 0 Å². The van der Waals surface area contributed by atoms with Crippen molar-refractivity contribution in [2.24, 2.45) is 5.92 Å². The van der Waals surface area contributed by atoms with Gasteiger partial charge in [-0.3, -0.25) is 10.1 Å². The lowest BCUT2D eigenvalue weighted by Crippen LogP contribution is -2.42. The van der Waals surface area contributed by atoms with Crippen LogP contribution in [0.15, 0.2) is 0 Å². The van der Waals surface area contributed by atoms with Gasteiger partial charge in [-0.1, -0.05) is 13.8 Å². The van der Waals surface area contributed by atoms with Gasteiger partial charge in [0.25, 0.3) is 0 Å². The van der Waals surface area contributed by atoms with Gasteiger partial charge in [-0.2, -0.15) is 0 Å². The van der Waals surface area contributed by atoms with Gasteiger partial charge in [-0.15, -0.1) is 11.3 Å². The van der Waals surface area contributed by atoms with Gasteiger partial charge in [0.2, 0.25) is 0 Å². The first-order chi connectivity index (χ1) is 8.36. The molecule has 2 atom stereocenters. The molecule has 1 rings (SSSR count). The summed E-state index contributed by atoms with van der Waals surface area (Å²) in [5, 5.41) is 4.38. The third-order valence-electron chi connectivity index (χ3n) is 2.88. The van der Waals surface area contributed by atoms with E-state index in [2.05, 4.69) is 17.2 Å². The van der Waals surface area contributed by atoms with Crippen molar-refractivity contribution in [1.82, 2.24) is 10.3 Å². The minimum Gasteiger partial charge on any atom is -0.468 e. The first-order valence-electron chi connectivity index (χ1n) is 6.14. The molecule has 1 heterocycles. The second-order valence-corrected chi connectivity index (χ2v) is 6.05. The molecule has 0 amide bonds. The summed E-state index contributed by atoms with van der Waals surface area (Å²) >= 11 is 1.67. The number of nitrogens with one attached hydrogen (secondary N) is 1. The van der Waals surface area contributed by atoms with E-state index in [0.29, 0.717) is 0 Å². The first kappa shape index (κ1) is 15.1. The zero-order chi connectivity index (χ0) is 13.9. The summed E-state index contributed by atoms with van der Waals surface area (Å²) in [4.78, 5) is 17.3. The summed E-state index contributed by atoms with van der Waals surface area (Å²) in [6.07, 6.45) is 0. The zero-order valence-electron chi connectivity index (χ0n) is 11.9. The number of hydrogen-bond acceptors (Lipinski definition) is 5. The summed E-state index contributed by atoms with van der Waals surface area (Å²) in [7, 11) is 1.42. The van der Waals surface area contributed by atoms with Crippen molar-refractivity contribution in [3.8, 4) is 0 Å². The number of aromatic nitrogens is 1. The molecule has 1 aromatic rings. The predicted molar refractivity (Wildman–Crippen MR) is 73.8 cm³/mol. The van der Waals surface area contributed by atoms with Crippen molar-refractivity contribution in [3.05, 3.63) is 15.6 Å². The SMILES string of the molecule is COC(=O)[C@@H](NC(C)c1sc(C)nc1C)C(C)C. The van der Waals surface area contributed by atoms with Crippen molar-refractivity contribution in [2.75, 3.05) is 7.11 Å². The number of methoxy groups -OCH3 is 1. The van der Waals surface area contributed by atoms with E-state index >= 15 is 0 Å². The Kier molecular flexibility index (Phi) is 5.28. The number of nitrogens with zero attached hydrogens (tertiary/aromatic N) is 1. The third-order valence-corrected chi connectivity index (χ3v) is 4.14. The van der Waals surface area contributed by atoms with Crippen LogP contribution in [0.1, 0.15) is 42.4 Å². The monoisotopic (exact) mass is 270 g/mol. The summed E-state index contributed by atoms with van der Waals surface area (Å²) in [5.41, 5.74) is 1.03. The fourth-order valence-electron chi connectivity index (χ4n) is 1.95. The molecule has 0 saturated carbocycles. The molecular formula is C13H22N2O2S. The van der Waals surface area contributed by atoms with Gasteiger partial charge in [0.1, 0.15) is 6.04 Å². The second-order valence-electron chi connectivity index (χ2n) is 4.82. The molecule has 0 radical (unpaired) electrons. The van der Waals surface area contributed by atoms with Crippen LogP contribution in [0, 0.1) is 19.8 Å². The first-order valence-corrected chi connectivity index (χ1v) is 6.96. The molecule has 0 saturated heterocycles. The maximum atomic E-state index is 11.7. The maximum absolute atomic E-state index is 11.7. The van der Waals surface area contributed by atoms with Crippen LogP contribution in [0.2, 0.25) is 0 Å². The summed E-state index contributed by atoms with van der Waals surface area (Å²) < 4.78 is 4.83. The molecule has 0 fully saturated rings. The highest BCUT2D eigenvalue weighted by Crippen LogP contribution is 2.25. The molecular weight excluding hydrogens is 248 g/mol. The number of carbonyl (C=O) groups is 1. The Morgan fingerprint density at radius 1 is 1.33 bits per heavy atom. The third kappa shape index (κ3) is 3.53. The molecule has 1 unspecified atom stereocenters. The summed E-state index contributed by atoms with van der Waals surface area (Å²) in [6.45, 7) is 10.1. The molecule has 0 aliphatic rings. The molecule has 18 heavy (non-hydrogen) atoms. The molecule has 1 N–H and O–H groups in total. The molecule has 0 aromatic carbocycles. The summed E-state index contributed by atoms with van der Waals surface area (Å²) in [6, 6.07) is -0.186. The van der Waals surface area contributed by atoms with Gasteiger partial charge < -0.3 is 4.74 Å². The highest BCUT2D eigenvalue weighted by atomic mass is 32.1. The molecule has 0 aliphatic carbocycles. The molecule has 0 bridgehead atoms. The minimum atomic E-state index is -0.285. The van der Waals surface area contributed by atoms with Crippen LogP contribution < -0.4 is 5.32 Å². The van der Waals surface area contributed by atoms with Crippen molar-refractivity contribution in [3.63, 3.8) is 0 Å². The zero-order valence-corrected chi connectivity index (χ0v) is 12.7. The van der Waals surface area contributed by atoms with E-state index in [9.17, 15) is 4.79 Å². The van der Waals surface area contributed by atoms with E-state index in [-0.39, 0.29) is 24.0 Å². The quantitative estimate of drug-likeness (QED) is 0.836. The standard InChI is InChI=1S/C13H22N2O2S/c1-7(2)11(13(16)17-6)15-9(4)12-8(3)14-10(5)18-12/h7,9,11,15H,1-6H3/t9?,11-/m0/s1. The van der Waals surface area contributed by atoms with E-state index in [0.717, 1.165) is 10.7 Å². The van der Waals surface area contributed by atoms with E-state index < -0.39 is 0 Å². The molecule has 102 valence electrons. The fraction of sp³-hybridized carbons (Fsp3) is 0.692. The van der Waals surface area contributed by atoms with Crippen molar-refractivity contribution >= 4 is 17.3 Å². The molecule has 0 aliphatic heterocycles. The van der Waals surface area contributed by atoms with Crippen molar-refractivity contribution in [2.45, 2.75) is 46.7 Å². The van der Waals surface area contributed by atoms with Gasteiger partial charge in [0.15, 0.2) is 0 Å². The van der Waals surface area contributed by atoms with Crippen LogP contribution in [0.4, 0.5) is 0 Å². The topological polar surface area (TPSA) is 51.2 Å². The Labute approximate surface area is 113 Å². The highest BCUT2D eigenvalue weighted by molar-refractivity contribution is 7.11. The fourth-order valence-corrected chi connectivity index (χ4v) is 2.89. The van der Waals surface area contributed by atoms with Crippen molar-refractivity contribution < 1.29 is 9.53 Å². The van der Waals surface area contributed by atoms with Crippen LogP contribution in [-0.2, 0) is 9.53 Å². The molecule has 0 spiro atoms. The Morgan fingerprint density at radius 2 is 1.94 bits per heavy atom. The number of ether oxygens (including phenoxy) is 1. The molecule has 1 aromatic heterocycles. The number of hydrogen-bond donors (Lipinski definition) is 1. The number of thiazole rings is 1. The number of carbonyl (C=O) groups excluding carboxylic acids is 1. The number of esters is 1. The number of rotatable bonds is 5. The Bertz CT molecular complexity index is 415. The molecule has 4 nitrogen and oxygen atoms in total. The average Bonchev–Trinajstić information content (AvgIpc) is 2.63. The van der Waals surface area contributed by atoms with E-state index in [1.165, 1.54) is 12.0 Å². The van der Waals surface area contributed by atoms with Gasteiger partial charge in [0, 0.05) is 10.9 Å². The van der Waals surface area contributed by atoms with Crippen LogP contribution in [0.5, 0.6) is 0 Å². The minimum absolute atomic E-state index is 0.0997. The second kappa shape index (κ2) is 6.29. The van der Waals surface area contributed by atoms with Gasteiger partial charge in [0.05, 0.1) is 17.8 Å². The number of aryl methyl sites for hydroxylation is 2. The Morgan fingerprint density at radius 3 is 2.33 bits per heavy atom. The van der Waals surface area contributed by atoms with Crippen LogP contribution in [0.25, 0.3) is 0 Å². The lowest BCUT2D eigenvalue weighted by Gasteiger charge is -2.23. The maximum Gasteiger partial charge on any atom is 0.323 e. The van der Waals surface area contributed by atoms with Gasteiger partial charge in [-0.05, 0) is 26.7 Å². The Balaban J connectivity index is 2.81. The van der Waals surface area contributed by atoms with Gasteiger partial charge in [-0.25, -0.2) is 4.98 Å². The van der Waals surface area contributed by atoms with E-state index in [4.69, 9.17) is 4.74 Å². The largest absolute Gasteiger partial charge is 0.468 e. The molecule has 5 heteroatoms. The van der Waals surface area contributed by atoms with E-state index in [1.54, 1.807) is 11.3 Å². The average molecular weight is 270 g/mol. The normalized spacial score (nSPS) is 14.6. The summed E-state index contributed by atoms with van der Waals surface area (Å²) in [5.74, 6) is -0.0232. The Hall–Kier alpha value is -0.940. The van der Waals surface area contributed by atoms with Crippen LogP contribution in [-0.4, -0.2) is 24.1 Å². The lowest BCUT2D eigenvalue weighted by atomic mass is 10.0. The van der Waals surface area contributed by atoms with Crippen LogP contribution >= 0.6 is 11.3 Å². The van der Waals surface area contributed by atoms with Gasteiger partial charge >= 0.3 is 5.97 Å². The lowest BCUT2D eigenvalue weighted by molar-refractivity contribution is -0.144. The predicted octanol–water partition coefficient (Wildman–Crippen LogP) is 2.61.